The number of Topliss-reactive ketones (excluding diaryl/α,β-unsaturated/α-hetero) is 1. The Morgan fingerprint density at radius 2 is 1.94 bits per heavy atom. The average Bonchev–Trinajstić information content (AvgIpc) is 2.67. The molecule has 1 aliphatic heterocycles. The van der Waals surface area contributed by atoms with Gasteiger partial charge in [0.1, 0.15) is 22.5 Å². The minimum absolute atomic E-state index is 0.109. The summed E-state index contributed by atoms with van der Waals surface area (Å²) < 4.78 is 34.8. The van der Waals surface area contributed by atoms with Gasteiger partial charge in [0.15, 0.2) is 22.8 Å². The Bertz CT molecular complexity index is 1230. The quantitative estimate of drug-likeness (QED) is 0.575. The van der Waals surface area contributed by atoms with E-state index in [1.165, 1.54) is 6.92 Å². The Labute approximate surface area is 179 Å². The highest BCUT2D eigenvalue weighted by atomic mass is 19.2. The summed E-state index contributed by atoms with van der Waals surface area (Å²) in [5.41, 5.74) is 0.308. The van der Waals surface area contributed by atoms with Crippen molar-refractivity contribution < 1.29 is 18.0 Å². The summed E-state index contributed by atoms with van der Waals surface area (Å²) in [6.45, 7) is 16.6. The zero-order chi connectivity index (χ0) is 23.0. The second-order valence-corrected chi connectivity index (χ2v) is 8.38. The molecule has 2 heterocycles. The smallest absolute Gasteiger partial charge is 0.196 e. The van der Waals surface area contributed by atoms with Gasteiger partial charge in [0.2, 0.25) is 0 Å². The molecule has 0 saturated carbocycles. The van der Waals surface area contributed by atoms with E-state index in [2.05, 4.69) is 9.84 Å². The van der Waals surface area contributed by atoms with Gasteiger partial charge in [-0.2, -0.15) is 0 Å². The number of fused-ring (bicyclic) bond motifs is 1. The van der Waals surface area contributed by atoms with Gasteiger partial charge >= 0.3 is 0 Å². The standard InChI is InChI=1S/C24H24F2N2O3/c1-11(2)7-8-17(29)19-13(4)28-14(5)23(27-6)20(19)15-10-16(25)22(26)21-18(30)9-12(3)31-24(15)21/h9-11,19-20H,7-8H2,1-5H3. The summed E-state index contributed by atoms with van der Waals surface area (Å²) in [5.74, 6) is -3.90. The molecule has 2 aromatic rings. The predicted molar refractivity (Wildman–Crippen MR) is 115 cm³/mol. The number of hydrogen-bond donors (Lipinski definition) is 0. The SMILES string of the molecule is [C-]#[N+]C1=C(C)N=C(C)C(C(=O)CCC(C)C)C1c1cc(F)c(F)c2c(=O)cc(C)oc12. The molecule has 7 heteroatoms. The molecule has 5 nitrogen and oxygen atoms in total. The highest BCUT2D eigenvalue weighted by molar-refractivity contribution is 6.07. The van der Waals surface area contributed by atoms with Crippen LogP contribution in [0, 0.1) is 37.0 Å². The number of hydrogen-bond acceptors (Lipinski definition) is 4. The molecule has 0 spiro atoms. The number of rotatable bonds is 5. The van der Waals surface area contributed by atoms with Crippen molar-refractivity contribution in [3.05, 3.63) is 68.1 Å². The number of benzene rings is 1. The summed E-state index contributed by atoms with van der Waals surface area (Å²) in [6.07, 6.45) is 0.915. The summed E-state index contributed by atoms with van der Waals surface area (Å²) in [4.78, 5) is 33.7. The van der Waals surface area contributed by atoms with E-state index in [0.29, 0.717) is 23.7 Å². The molecular weight excluding hydrogens is 402 g/mol. The van der Waals surface area contributed by atoms with E-state index >= 15 is 0 Å². The van der Waals surface area contributed by atoms with Crippen LogP contribution in [0.5, 0.6) is 0 Å². The van der Waals surface area contributed by atoms with Gasteiger partial charge in [-0.25, -0.2) is 13.6 Å². The molecule has 2 atom stereocenters. The Balaban J connectivity index is 2.33. The molecule has 1 aromatic carbocycles. The Morgan fingerprint density at radius 1 is 1.26 bits per heavy atom. The zero-order valence-corrected chi connectivity index (χ0v) is 18.2. The van der Waals surface area contributed by atoms with Crippen LogP contribution in [0.15, 0.2) is 37.7 Å². The molecule has 0 aliphatic carbocycles. The van der Waals surface area contributed by atoms with Crippen LogP contribution in [-0.4, -0.2) is 11.5 Å². The van der Waals surface area contributed by atoms with Crippen LogP contribution in [0.1, 0.15) is 57.8 Å². The van der Waals surface area contributed by atoms with Gasteiger partial charge in [0, 0.05) is 29.8 Å². The largest absolute Gasteiger partial charge is 0.461 e. The van der Waals surface area contributed by atoms with E-state index in [1.54, 1.807) is 13.8 Å². The Morgan fingerprint density at radius 3 is 2.55 bits per heavy atom. The number of ketones is 1. The maximum absolute atomic E-state index is 14.6. The number of aliphatic imine (C=N–C) groups is 1. The number of aryl methyl sites for hydroxylation is 1. The molecule has 162 valence electrons. The Kier molecular flexibility index (Phi) is 6.21. The summed E-state index contributed by atoms with van der Waals surface area (Å²) in [5, 5.41) is -0.517. The average molecular weight is 426 g/mol. The molecule has 0 bridgehead atoms. The first-order valence-corrected chi connectivity index (χ1v) is 10.1. The van der Waals surface area contributed by atoms with Gasteiger partial charge in [-0.1, -0.05) is 13.8 Å². The molecule has 31 heavy (non-hydrogen) atoms. The van der Waals surface area contributed by atoms with Crippen molar-refractivity contribution in [3.63, 3.8) is 0 Å². The van der Waals surface area contributed by atoms with Crippen LogP contribution in [0.25, 0.3) is 15.8 Å². The van der Waals surface area contributed by atoms with E-state index in [0.717, 1.165) is 12.1 Å². The monoisotopic (exact) mass is 426 g/mol. The molecule has 0 amide bonds. The minimum Gasteiger partial charge on any atom is -0.461 e. The van der Waals surface area contributed by atoms with Crippen molar-refractivity contribution in [3.8, 4) is 0 Å². The fourth-order valence-corrected chi connectivity index (χ4v) is 4.14. The maximum atomic E-state index is 14.6. The molecule has 1 aromatic heterocycles. The van der Waals surface area contributed by atoms with Crippen LogP contribution in [-0.2, 0) is 4.79 Å². The highest BCUT2D eigenvalue weighted by Gasteiger charge is 2.40. The third-order valence-electron chi connectivity index (χ3n) is 5.61. The number of halogens is 2. The molecule has 0 N–H and O–H groups in total. The molecule has 2 unspecified atom stereocenters. The van der Waals surface area contributed by atoms with Gasteiger partial charge < -0.3 is 4.42 Å². The lowest BCUT2D eigenvalue weighted by molar-refractivity contribution is -0.121. The van der Waals surface area contributed by atoms with Gasteiger partial charge in [-0.15, -0.1) is 0 Å². The van der Waals surface area contributed by atoms with Gasteiger partial charge in [-0.05, 0) is 44.7 Å². The lowest BCUT2D eigenvalue weighted by atomic mass is 9.74. The molecular formula is C24H24F2N2O3. The number of nitrogens with zero attached hydrogens (tertiary/aromatic N) is 2. The second kappa shape index (κ2) is 8.54. The molecule has 3 rings (SSSR count). The Hall–Kier alpha value is -3.14. The molecule has 0 fully saturated rings. The third kappa shape index (κ3) is 4.07. The van der Waals surface area contributed by atoms with E-state index in [9.17, 15) is 18.4 Å². The van der Waals surface area contributed by atoms with Crippen LogP contribution in [0.4, 0.5) is 8.78 Å². The maximum Gasteiger partial charge on any atom is 0.196 e. The van der Waals surface area contributed by atoms with Crippen LogP contribution in [0.3, 0.4) is 0 Å². The number of carbonyl (C=O) groups is 1. The topological polar surface area (TPSA) is 64.0 Å². The predicted octanol–water partition coefficient (Wildman–Crippen LogP) is 5.71. The fraction of sp³-hybridized carbons (Fsp3) is 0.417. The zero-order valence-electron chi connectivity index (χ0n) is 18.2. The summed E-state index contributed by atoms with van der Waals surface area (Å²) >= 11 is 0. The number of allylic oxidation sites excluding steroid dienone is 2. The second-order valence-electron chi connectivity index (χ2n) is 8.38. The third-order valence-corrected chi connectivity index (χ3v) is 5.61. The first-order chi connectivity index (χ1) is 14.6. The molecule has 0 radical (unpaired) electrons. The van der Waals surface area contributed by atoms with Crippen molar-refractivity contribution in [2.45, 2.75) is 53.4 Å². The van der Waals surface area contributed by atoms with Crippen molar-refractivity contribution in [2.24, 2.45) is 16.8 Å². The first-order valence-electron chi connectivity index (χ1n) is 10.1. The van der Waals surface area contributed by atoms with Crippen molar-refractivity contribution >= 4 is 22.5 Å². The van der Waals surface area contributed by atoms with Crippen molar-refractivity contribution in [2.75, 3.05) is 0 Å². The lowest BCUT2D eigenvalue weighted by Gasteiger charge is -2.31. The van der Waals surface area contributed by atoms with Crippen molar-refractivity contribution in [1.82, 2.24) is 0 Å². The first kappa shape index (κ1) is 22.5. The fourth-order valence-electron chi connectivity index (χ4n) is 4.14. The van der Waals surface area contributed by atoms with Gasteiger partial charge in [-0.3, -0.25) is 14.6 Å². The highest BCUT2D eigenvalue weighted by Crippen LogP contribution is 2.43. The number of carbonyl (C=O) groups excluding carboxylic acids is 1. The normalized spacial score (nSPS) is 19.0. The lowest BCUT2D eigenvalue weighted by Crippen LogP contribution is -2.33. The molecule has 1 aliphatic rings. The van der Waals surface area contributed by atoms with Crippen LogP contribution < -0.4 is 5.43 Å². The van der Waals surface area contributed by atoms with E-state index in [4.69, 9.17) is 11.0 Å². The van der Waals surface area contributed by atoms with Gasteiger partial charge in [0.25, 0.3) is 0 Å². The van der Waals surface area contributed by atoms with E-state index in [1.807, 2.05) is 13.8 Å². The van der Waals surface area contributed by atoms with Crippen LogP contribution in [0.2, 0.25) is 0 Å². The van der Waals surface area contributed by atoms with Crippen molar-refractivity contribution in [1.29, 1.82) is 0 Å². The minimum atomic E-state index is -1.30. The van der Waals surface area contributed by atoms with Crippen LogP contribution >= 0.6 is 0 Å². The summed E-state index contributed by atoms with van der Waals surface area (Å²) in [6, 6.07) is 2.02. The van der Waals surface area contributed by atoms with E-state index in [-0.39, 0.29) is 34.8 Å². The van der Waals surface area contributed by atoms with E-state index < -0.39 is 34.3 Å². The summed E-state index contributed by atoms with van der Waals surface area (Å²) in [7, 11) is 0. The van der Waals surface area contributed by atoms with Gasteiger partial charge in [0.05, 0.1) is 12.5 Å². The molecule has 0 saturated heterocycles.